The summed E-state index contributed by atoms with van der Waals surface area (Å²) in [5.41, 5.74) is 3.29. The zero-order chi connectivity index (χ0) is 34.1. The molecule has 14 heteroatoms. The fourth-order valence-electron chi connectivity index (χ4n) is 5.52. The van der Waals surface area contributed by atoms with Crippen LogP contribution in [-0.4, -0.2) is 68.8 Å². The molecular weight excluding hydrogens is 645 g/mol. The summed E-state index contributed by atoms with van der Waals surface area (Å²) in [5, 5.41) is 11.0. The quantitative estimate of drug-likeness (QED) is 0.204. The number of hydrogen-bond donors (Lipinski definition) is 3. The number of rotatable bonds is 14. The second kappa shape index (κ2) is 16.5. The first kappa shape index (κ1) is 35.6. The van der Waals surface area contributed by atoms with Gasteiger partial charge in [-0.15, -0.1) is 11.3 Å². The number of aromatic nitrogens is 1. The number of ether oxygens (including phenoxy) is 4. The molecule has 1 aromatic heterocycles. The second-order valence-corrected chi connectivity index (χ2v) is 12.5. The van der Waals surface area contributed by atoms with Crippen molar-refractivity contribution in [3.63, 3.8) is 0 Å². The van der Waals surface area contributed by atoms with Crippen LogP contribution in [0.3, 0.4) is 0 Å². The van der Waals surface area contributed by atoms with E-state index in [2.05, 4.69) is 20.9 Å². The first-order valence-electron chi connectivity index (χ1n) is 15.1. The van der Waals surface area contributed by atoms with Gasteiger partial charge >= 0.3 is 5.97 Å². The Hall–Kier alpha value is -4.30. The van der Waals surface area contributed by atoms with Gasteiger partial charge in [0, 0.05) is 17.9 Å². The number of nitrogens with one attached hydrogen (secondary N) is 3. The minimum atomic E-state index is -0.771. The molecule has 0 saturated carbocycles. The van der Waals surface area contributed by atoms with Crippen molar-refractivity contribution in [2.24, 2.45) is 0 Å². The summed E-state index contributed by atoms with van der Waals surface area (Å²) in [6.07, 6.45) is 3.46. The summed E-state index contributed by atoms with van der Waals surface area (Å²) in [5.74, 6) is 1.01. The largest absolute Gasteiger partial charge is 0.493 e. The summed E-state index contributed by atoms with van der Waals surface area (Å²) in [6, 6.07) is 5.62. The van der Waals surface area contributed by atoms with E-state index in [1.54, 1.807) is 50.4 Å². The molecule has 47 heavy (non-hydrogen) atoms. The molecule has 0 unspecified atom stereocenters. The van der Waals surface area contributed by atoms with Gasteiger partial charge in [-0.2, -0.15) is 11.8 Å². The van der Waals surface area contributed by atoms with Crippen LogP contribution in [0.1, 0.15) is 49.6 Å². The van der Waals surface area contributed by atoms with Crippen LogP contribution < -0.4 is 35.6 Å². The first-order valence-corrected chi connectivity index (χ1v) is 17.3. The fourth-order valence-corrected chi connectivity index (χ4v) is 6.70. The Bertz CT molecular complexity index is 1680. The van der Waals surface area contributed by atoms with Crippen molar-refractivity contribution in [2.45, 2.75) is 51.6 Å². The third-order valence-corrected chi connectivity index (χ3v) is 9.04. The van der Waals surface area contributed by atoms with Gasteiger partial charge in [0.2, 0.25) is 23.0 Å². The number of carbonyl (C=O) groups excluding carboxylic acids is 3. The van der Waals surface area contributed by atoms with Crippen LogP contribution in [0.15, 0.2) is 34.4 Å². The molecule has 3 N–H and O–H groups in total. The molecule has 0 fully saturated rings. The van der Waals surface area contributed by atoms with Crippen molar-refractivity contribution >= 4 is 51.7 Å². The van der Waals surface area contributed by atoms with Gasteiger partial charge in [-0.05, 0) is 73.1 Å². The number of methoxy groups -OCH3 is 3. The molecule has 1 heterocycles. The van der Waals surface area contributed by atoms with Crippen LogP contribution in [0.4, 0.5) is 10.8 Å². The highest BCUT2D eigenvalue weighted by atomic mass is 32.2. The van der Waals surface area contributed by atoms with Gasteiger partial charge in [0.15, 0.2) is 16.6 Å². The molecule has 0 bridgehead atoms. The van der Waals surface area contributed by atoms with E-state index in [0.717, 1.165) is 11.1 Å². The number of thioether (sulfide) groups is 1. The lowest BCUT2D eigenvalue weighted by Gasteiger charge is -2.19. The van der Waals surface area contributed by atoms with E-state index in [-0.39, 0.29) is 36.0 Å². The Kier molecular flexibility index (Phi) is 12.5. The predicted molar refractivity (Wildman–Crippen MR) is 184 cm³/mol. The molecule has 2 atom stereocenters. The van der Waals surface area contributed by atoms with Crippen LogP contribution in [0.2, 0.25) is 0 Å². The second-order valence-electron chi connectivity index (χ2n) is 10.7. The van der Waals surface area contributed by atoms with Gasteiger partial charge in [0.1, 0.15) is 6.04 Å². The number of benzene rings is 1. The van der Waals surface area contributed by atoms with Crippen molar-refractivity contribution in [1.82, 2.24) is 10.3 Å². The average molecular weight is 685 g/mol. The van der Waals surface area contributed by atoms with Crippen molar-refractivity contribution in [2.75, 3.05) is 50.6 Å². The lowest BCUT2D eigenvalue weighted by molar-refractivity contribution is -0.142. The number of carbonyl (C=O) groups is 3. The lowest BCUT2D eigenvalue weighted by atomic mass is 9.95. The Morgan fingerprint density at radius 3 is 2.53 bits per heavy atom. The topological polar surface area (TPSA) is 154 Å². The standard InChI is InChI=1S/C33H40N4O8S2/c1-7-45-28(40)15-20-17-47-33(35-20)37-32(41)25(12-13-46-6)36-24-11-9-21-22(16-26(24)39)23(34-18(2)38)10-8-19-14-27(42-3)30(43-4)31(44-5)29(19)21/h9,11,14,16-17,23,25H,7-8,10,12-13,15H2,1-6H3,(H,34,38)(H,36,39)(H,35,37,41)/t23-,25-/m0/s1. The summed E-state index contributed by atoms with van der Waals surface area (Å²) in [7, 11) is 4.62. The lowest BCUT2D eigenvalue weighted by Crippen LogP contribution is -2.36. The highest BCUT2D eigenvalue weighted by Gasteiger charge is 2.30. The maximum Gasteiger partial charge on any atom is 0.311 e. The van der Waals surface area contributed by atoms with Crippen LogP contribution in [0.25, 0.3) is 11.1 Å². The number of hydrogen-bond acceptors (Lipinski definition) is 12. The average Bonchev–Trinajstić information content (AvgIpc) is 3.34. The molecule has 0 saturated heterocycles. The monoisotopic (exact) mass is 684 g/mol. The molecule has 2 amide bonds. The molecule has 1 aliphatic carbocycles. The fraction of sp³-hybridized carbons (Fsp3) is 0.424. The summed E-state index contributed by atoms with van der Waals surface area (Å²) in [6.45, 7) is 3.44. The summed E-state index contributed by atoms with van der Waals surface area (Å²) >= 11 is 2.78. The van der Waals surface area contributed by atoms with Crippen molar-refractivity contribution < 1.29 is 33.3 Å². The molecular formula is C33H40N4O8S2. The van der Waals surface area contributed by atoms with E-state index in [9.17, 15) is 19.2 Å². The molecule has 3 aromatic rings. The van der Waals surface area contributed by atoms with Gasteiger partial charge in [0.25, 0.3) is 0 Å². The number of thiazole rings is 1. The van der Waals surface area contributed by atoms with Gasteiger partial charge in [-0.1, -0.05) is 6.07 Å². The zero-order valence-corrected chi connectivity index (χ0v) is 28.9. The normalized spacial score (nSPS) is 14.0. The third-order valence-electron chi connectivity index (χ3n) is 7.59. The molecule has 2 aromatic carbocycles. The maximum absolute atomic E-state index is 13.8. The van der Waals surface area contributed by atoms with Gasteiger partial charge < -0.3 is 34.9 Å². The molecule has 1 aliphatic rings. The minimum Gasteiger partial charge on any atom is -0.493 e. The van der Waals surface area contributed by atoms with E-state index in [0.29, 0.717) is 64.2 Å². The Balaban J connectivity index is 1.74. The minimum absolute atomic E-state index is 0.00510. The molecule has 0 spiro atoms. The van der Waals surface area contributed by atoms with Crippen LogP contribution in [0, 0.1) is 0 Å². The van der Waals surface area contributed by atoms with Crippen LogP contribution in [-0.2, 0) is 32.0 Å². The van der Waals surface area contributed by atoms with E-state index < -0.39 is 18.1 Å². The van der Waals surface area contributed by atoms with Crippen molar-refractivity contribution in [1.29, 1.82) is 0 Å². The molecule has 0 aliphatic heterocycles. The number of anilines is 2. The molecule has 252 valence electrons. The highest BCUT2D eigenvalue weighted by molar-refractivity contribution is 7.98. The SMILES string of the molecule is CCOC(=O)Cc1csc(NC(=O)[C@H](CCSC)Nc2ccc3c(cc2=O)[C@@H](NC(C)=O)CCc2cc(OC)c(OC)c(OC)c2-3)n1. The van der Waals surface area contributed by atoms with Crippen molar-refractivity contribution in [3.8, 4) is 28.4 Å². The van der Waals surface area contributed by atoms with Gasteiger partial charge in [0.05, 0.1) is 51.8 Å². The number of nitrogens with zero attached hydrogens (tertiary/aromatic N) is 1. The van der Waals surface area contributed by atoms with E-state index in [1.165, 1.54) is 31.4 Å². The van der Waals surface area contributed by atoms with E-state index >= 15 is 0 Å². The smallest absolute Gasteiger partial charge is 0.311 e. The Morgan fingerprint density at radius 2 is 1.87 bits per heavy atom. The Labute approximate surface area is 281 Å². The predicted octanol–water partition coefficient (Wildman–Crippen LogP) is 4.60. The number of fused-ring (bicyclic) bond motifs is 3. The number of amides is 2. The zero-order valence-electron chi connectivity index (χ0n) is 27.3. The summed E-state index contributed by atoms with van der Waals surface area (Å²) in [4.78, 5) is 55.8. The maximum atomic E-state index is 13.8. The van der Waals surface area contributed by atoms with Crippen LogP contribution in [0.5, 0.6) is 17.2 Å². The number of esters is 1. The van der Waals surface area contributed by atoms with Crippen molar-refractivity contribution in [3.05, 3.63) is 56.7 Å². The van der Waals surface area contributed by atoms with Crippen LogP contribution >= 0.6 is 23.1 Å². The highest BCUT2D eigenvalue weighted by Crippen LogP contribution is 2.50. The third kappa shape index (κ3) is 8.55. The van der Waals surface area contributed by atoms with E-state index in [1.807, 2.05) is 12.3 Å². The van der Waals surface area contributed by atoms with Gasteiger partial charge in [-0.25, -0.2) is 4.98 Å². The van der Waals surface area contributed by atoms with Gasteiger partial charge in [-0.3, -0.25) is 19.2 Å². The molecule has 0 radical (unpaired) electrons. The molecule has 4 rings (SSSR count). The van der Waals surface area contributed by atoms with E-state index in [4.69, 9.17) is 18.9 Å². The first-order chi connectivity index (χ1) is 22.6. The molecule has 12 nitrogen and oxygen atoms in total. The summed E-state index contributed by atoms with van der Waals surface area (Å²) < 4.78 is 22.1. The Morgan fingerprint density at radius 1 is 1.11 bits per heavy atom. The number of aryl methyl sites for hydroxylation is 1.